The number of hydrogen-bond acceptors (Lipinski definition) is 7. The lowest BCUT2D eigenvalue weighted by Gasteiger charge is -2.40. The summed E-state index contributed by atoms with van der Waals surface area (Å²) in [5, 5.41) is 4.24. The molecule has 0 amide bonds. The van der Waals surface area contributed by atoms with Crippen molar-refractivity contribution in [3.8, 4) is 0 Å². The molecular formula is C23H32N4O4S2. The molecule has 0 radical (unpaired) electrons. The zero-order valence-corrected chi connectivity index (χ0v) is 21.0. The molecule has 3 aliphatic rings. The summed E-state index contributed by atoms with van der Waals surface area (Å²) in [6, 6.07) is 0. The van der Waals surface area contributed by atoms with Gasteiger partial charge in [0.15, 0.2) is 0 Å². The molecule has 2 aromatic heterocycles. The van der Waals surface area contributed by atoms with Crippen molar-refractivity contribution >= 4 is 27.3 Å². The summed E-state index contributed by atoms with van der Waals surface area (Å²) >= 11 is 1.26. The van der Waals surface area contributed by atoms with Gasteiger partial charge in [-0.25, -0.2) is 13.2 Å². The average Bonchev–Trinajstić information content (AvgIpc) is 3.41. The number of carbonyl (C=O) groups excluding carboxylic acids is 1. The summed E-state index contributed by atoms with van der Waals surface area (Å²) in [6.07, 6.45) is 10.2. The minimum Gasteiger partial charge on any atom is -0.465 e. The summed E-state index contributed by atoms with van der Waals surface area (Å²) in [5.74, 6) is 0.538. The summed E-state index contributed by atoms with van der Waals surface area (Å²) in [6.45, 7) is 3.24. The van der Waals surface area contributed by atoms with Crippen LogP contribution in [0.1, 0.15) is 58.5 Å². The van der Waals surface area contributed by atoms with E-state index in [4.69, 9.17) is 4.74 Å². The predicted molar refractivity (Wildman–Crippen MR) is 126 cm³/mol. The number of carbonyl (C=O) groups is 1. The molecule has 2 aliphatic heterocycles. The Kier molecular flexibility index (Phi) is 6.37. The quantitative estimate of drug-likeness (QED) is 0.597. The summed E-state index contributed by atoms with van der Waals surface area (Å²) in [5.41, 5.74) is 2.23. The highest BCUT2D eigenvalue weighted by molar-refractivity contribution is 7.91. The van der Waals surface area contributed by atoms with E-state index in [1.807, 2.05) is 19.4 Å². The van der Waals surface area contributed by atoms with Gasteiger partial charge in [0, 0.05) is 56.4 Å². The third-order valence-corrected chi connectivity index (χ3v) is 11.1. The van der Waals surface area contributed by atoms with E-state index in [2.05, 4.69) is 10.00 Å². The molecule has 180 valence electrons. The van der Waals surface area contributed by atoms with Crippen LogP contribution in [-0.4, -0.2) is 60.1 Å². The topological polar surface area (TPSA) is 84.7 Å². The van der Waals surface area contributed by atoms with Gasteiger partial charge in [-0.05, 0) is 36.7 Å². The van der Waals surface area contributed by atoms with E-state index >= 15 is 0 Å². The van der Waals surface area contributed by atoms with Crippen LogP contribution in [0, 0.1) is 11.8 Å². The SMILES string of the molecule is COC(=O)c1c(S(=O)(=O)N2CC[C@@H]3CCCC[C@H]3C2)sc2c1CCN(Cc1cnn(C)c1)C2. The Morgan fingerprint density at radius 1 is 1.21 bits per heavy atom. The fourth-order valence-corrected chi connectivity index (χ4v) is 9.35. The zero-order valence-electron chi connectivity index (χ0n) is 19.3. The molecule has 0 N–H and O–H groups in total. The van der Waals surface area contributed by atoms with Crippen molar-refractivity contribution < 1.29 is 17.9 Å². The second-order valence-corrected chi connectivity index (χ2v) is 12.8. The largest absolute Gasteiger partial charge is 0.465 e. The molecule has 0 spiro atoms. The first-order valence-corrected chi connectivity index (χ1v) is 14.1. The van der Waals surface area contributed by atoms with Crippen molar-refractivity contribution in [1.82, 2.24) is 19.0 Å². The second-order valence-electron chi connectivity index (χ2n) is 9.60. The predicted octanol–water partition coefficient (Wildman–Crippen LogP) is 3.03. The van der Waals surface area contributed by atoms with Crippen molar-refractivity contribution in [1.29, 1.82) is 0 Å². The van der Waals surface area contributed by atoms with Gasteiger partial charge in [-0.3, -0.25) is 9.58 Å². The Morgan fingerprint density at radius 2 is 2.00 bits per heavy atom. The van der Waals surface area contributed by atoms with Gasteiger partial charge in [0.2, 0.25) is 0 Å². The minimum absolute atomic E-state index is 0.178. The Labute approximate surface area is 199 Å². The van der Waals surface area contributed by atoms with Gasteiger partial charge in [0.25, 0.3) is 10.0 Å². The molecule has 2 fully saturated rings. The fraction of sp³-hybridized carbons (Fsp3) is 0.652. The van der Waals surface area contributed by atoms with Crippen LogP contribution in [0.2, 0.25) is 0 Å². The van der Waals surface area contributed by atoms with Crippen molar-refractivity contribution in [3.63, 3.8) is 0 Å². The molecule has 33 heavy (non-hydrogen) atoms. The van der Waals surface area contributed by atoms with Gasteiger partial charge < -0.3 is 4.74 Å². The number of thiophene rings is 1. The van der Waals surface area contributed by atoms with Crippen LogP contribution in [0.15, 0.2) is 16.6 Å². The summed E-state index contributed by atoms with van der Waals surface area (Å²) < 4.78 is 36.3. The maximum Gasteiger partial charge on any atom is 0.340 e. The van der Waals surface area contributed by atoms with E-state index in [1.165, 1.54) is 37.7 Å². The first-order valence-electron chi connectivity index (χ1n) is 11.8. The van der Waals surface area contributed by atoms with Gasteiger partial charge in [-0.1, -0.05) is 19.3 Å². The van der Waals surface area contributed by atoms with Gasteiger partial charge in [-0.2, -0.15) is 9.40 Å². The fourth-order valence-electron chi connectivity index (χ4n) is 5.77. The third-order valence-electron chi connectivity index (χ3n) is 7.49. The van der Waals surface area contributed by atoms with E-state index in [9.17, 15) is 13.2 Å². The monoisotopic (exact) mass is 492 g/mol. The lowest BCUT2D eigenvalue weighted by molar-refractivity contribution is 0.0595. The van der Waals surface area contributed by atoms with Crippen LogP contribution >= 0.6 is 11.3 Å². The van der Waals surface area contributed by atoms with Crippen molar-refractivity contribution in [2.75, 3.05) is 26.7 Å². The molecule has 2 aromatic rings. The van der Waals surface area contributed by atoms with Gasteiger partial charge in [-0.15, -0.1) is 11.3 Å². The van der Waals surface area contributed by atoms with E-state index in [0.717, 1.165) is 41.9 Å². The lowest BCUT2D eigenvalue weighted by Crippen LogP contribution is -2.44. The molecule has 10 heteroatoms. The molecule has 1 aliphatic carbocycles. The number of fused-ring (bicyclic) bond motifs is 2. The van der Waals surface area contributed by atoms with Gasteiger partial charge in [0.1, 0.15) is 4.21 Å². The summed E-state index contributed by atoms with van der Waals surface area (Å²) in [4.78, 5) is 16.0. The third kappa shape index (κ3) is 4.38. The maximum absolute atomic E-state index is 13.8. The lowest BCUT2D eigenvalue weighted by atomic mass is 9.76. The van der Waals surface area contributed by atoms with Crippen LogP contribution in [0.3, 0.4) is 0 Å². The molecule has 0 unspecified atom stereocenters. The number of hydrogen-bond donors (Lipinski definition) is 0. The first kappa shape index (κ1) is 23.0. The standard InChI is InChI=1S/C23H32N4O4S2/c1-25-12-16(11-24-25)13-26-9-8-19-20(15-26)32-23(21(19)22(28)31-2)33(29,30)27-10-7-17-5-3-4-6-18(17)14-27/h11-12,17-18H,3-10,13-15H2,1-2H3/t17-,18-/m0/s1. The van der Waals surface area contributed by atoms with Crippen molar-refractivity contribution in [2.24, 2.45) is 18.9 Å². The molecule has 0 aromatic carbocycles. The number of aryl methyl sites for hydroxylation is 1. The van der Waals surface area contributed by atoms with E-state index in [1.54, 1.807) is 8.99 Å². The zero-order chi connectivity index (χ0) is 23.2. The molecule has 2 atom stereocenters. The maximum atomic E-state index is 13.8. The smallest absolute Gasteiger partial charge is 0.340 e. The van der Waals surface area contributed by atoms with E-state index in [0.29, 0.717) is 37.9 Å². The molecule has 8 nitrogen and oxygen atoms in total. The Bertz CT molecular complexity index is 1140. The van der Waals surface area contributed by atoms with E-state index in [-0.39, 0.29) is 9.77 Å². The molecule has 5 rings (SSSR count). The van der Waals surface area contributed by atoms with Crippen LogP contribution in [0.25, 0.3) is 0 Å². The van der Waals surface area contributed by atoms with Crippen molar-refractivity contribution in [2.45, 2.75) is 55.8 Å². The van der Waals surface area contributed by atoms with Gasteiger partial charge >= 0.3 is 5.97 Å². The number of methoxy groups -OCH3 is 1. The Morgan fingerprint density at radius 3 is 2.73 bits per heavy atom. The normalized spacial score (nSPS) is 24.3. The molecule has 1 saturated heterocycles. The second kappa shape index (κ2) is 9.13. The van der Waals surface area contributed by atoms with E-state index < -0.39 is 16.0 Å². The van der Waals surface area contributed by atoms with Gasteiger partial charge in [0.05, 0.1) is 18.9 Å². The average molecular weight is 493 g/mol. The van der Waals surface area contributed by atoms with Crippen LogP contribution in [0.5, 0.6) is 0 Å². The highest BCUT2D eigenvalue weighted by atomic mass is 32.2. The number of aromatic nitrogens is 2. The molecule has 0 bridgehead atoms. The molecule has 1 saturated carbocycles. The Hall–Kier alpha value is -1.75. The molecular weight excluding hydrogens is 460 g/mol. The number of ether oxygens (including phenoxy) is 1. The molecule has 4 heterocycles. The summed E-state index contributed by atoms with van der Waals surface area (Å²) in [7, 11) is -0.523. The van der Waals surface area contributed by atoms with Crippen LogP contribution in [0.4, 0.5) is 0 Å². The van der Waals surface area contributed by atoms with Crippen molar-refractivity contribution in [3.05, 3.63) is 34.0 Å². The highest BCUT2D eigenvalue weighted by Crippen LogP contribution is 2.42. The Balaban J connectivity index is 1.43. The van der Waals surface area contributed by atoms with Crippen LogP contribution < -0.4 is 0 Å². The number of sulfonamides is 1. The highest BCUT2D eigenvalue weighted by Gasteiger charge is 2.41. The number of piperidine rings is 1. The number of nitrogens with zero attached hydrogens (tertiary/aromatic N) is 4. The minimum atomic E-state index is -3.75. The number of esters is 1. The number of rotatable bonds is 5. The van der Waals surface area contributed by atoms with Crippen LogP contribution in [-0.2, 0) is 41.3 Å². The first-order chi connectivity index (χ1) is 15.9.